The predicted molar refractivity (Wildman–Crippen MR) is 47.3 cm³/mol. The van der Waals surface area contributed by atoms with Crippen LogP contribution < -0.4 is 14.2 Å². The van der Waals surface area contributed by atoms with Crippen molar-refractivity contribution in [1.29, 1.82) is 0 Å². The number of rotatable bonds is 4. The standard InChI is InChI=1S/C9H12O4/c1-11-7-3-4-8(12-2)9(5-7)13-6-10/h3-5,10H,6H2,1-2H3. The van der Waals surface area contributed by atoms with Gasteiger partial charge in [-0.3, -0.25) is 0 Å². The highest BCUT2D eigenvalue weighted by atomic mass is 16.6. The van der Waals surface area contributed by atoms with Crippen molar-refractivity contribution < 1.29 is 19.3 Å². The van der Waals surface area contributed by atoms with Gasteiger partial charge in [0.1, 0.15) is 5.75 Å². The second-order valence-electron chi connectivity index (χ2n) is 2.29. The van der Waals surface area contributed by atoms with Gasteiger partial charge in [0.25, 0.3) is 0 Å². The maximum atomic E-state index is 8.58. The molecule has 0 saturated heterocycles. The molecule has 0 aliphatic heterocycles. The van der Waals surface area contributed by atoms with Crippen LogP contribution in [-0.2, 0) is 0 Å². The lowest BCUT2D eigenvalue weighted by molar-refractivity contribution is 0.0952. The quantitative estimate of drug-likeness (QED) is 0.710. The molecule has 0 amide bonds. The first-order valence-electron chi connectivity index (χ1n) is 3.77. The van der Waals surface area contributed by atoms with Gasteiger partial charge < -0.3 is 19.3 Å². The lowest BCUT2D eigenvalue weighted by Gasteiger charge is -2.09. The number of hydrogen-bond acceptors (Lipinski definition) is 4. The Labute approximate surface area is 76.7 Å². The van der Waals surface area contributed by atoms with E-state index in [4.69, 9.17) is 19.3 Å². The molecule has 4 nitrogen and oxygen atoms in total. The number of aliphatic hydroxyl groups is 1. The third kappa shape index (κ3) is 2.26. The largest absolute Gasteiger partial charge is 0.497 e. The Morgan fingerprint density at radius 1 is 1.15 bits per heavy atom. The van der Waals surface area contributed by atoms with Gasteiger partial charge in [-0.25, -0.2) is 0 Å². The maximum Gasteiger partial charge on any atom is 0.186 e. The van der Waals surface area contributed by atoms with E-state index in [1.54, 1.807) is 25.3 Å². The maximum absolute atomic E-state index is 8.58. The smallest absolute Gasteiger partial charge is 0.186 e. The summed E-state index contributed by atoms with van der Waals surface area (Å²) in [6.45, 7) is -0.385. The fourth-order valence-electron chi connectivity index (χ4n) is 0.966. The molecule has 4 heteroatoms. The molecule has 13 heavy (non-hydrogen) atoms. The fraction of sp³-hybridized carbons (Fsp3) is 0.333. The van der Waals surface area contributed by atoms with Gasteiger partial charge in [0.15, 0.2) is 18.3 Å². The van der Waals surface area contributed by atoms with Crippen molar-refractivity contribution in [2.75, 3.05) is 21.0 Å². The van der Waals surface area contributed by atoms with E-state index in [9.17, 15) is 0 Å². The summed E-state index contributed by atoms with van der Waals surface area (Å²) < 4.78 is 14.9. The third-order valence-electron chi connectivity index (χ3n) is 1.59. The summed E-state index contributed by atoms with van der Waals surface area (Å²) in [6, 6.07) is 5.11. The molecule has 1 rings (SSSR count). The van der Waals surface area contributed by atoms with Crippen LogP contribution >= 0.6 is 0 Å². The molecule has 0 atom stereocenters. The molecule has 1 aromatic rings. The zero-order valence-electron chi connectivity index (χ0n) is 7.61. The van der Waals surface area contributed by atoms with E-state index < -0.39 is 0 Å². The molecule has 1 aromatic carbocycles. The highest BCUT2D eigenvalue weighted by Gasteiger charge is 2.04. The third-order valence-corrected chi connectivity index (χ3v) is 1.59. The second-order valence-corrected chi connectivity index (χ2v) is 2.29. The first-order valence-corrected chi connectivity index (χ1v) is 3.77. The van der Waals surface area contributed by atoms with Crippen LogP contribution in [0.5, 0.6) is 17.2 Å². The summed E-state index contributed by atoms with van der Waals surface area (Å²) in [5, 5.41) is 8.58. The summed E-state index contributed by atoms with van der Waals surface area (Å²) in [7, 11) is 3.09. The molecule has 0 bridgehead atoms. The lowest BCUT2D eigenvalue weighted by Crippen LogP contribution is -1.97. The zero-order valence-corrected chi connectivity index (χ0v) is 7.61. The first-order chi connectivity index (χ1) is 6.31. The van der Waals surface area contributed by atoms with E-state index in [2.05, 4.69) is 0 Å². The van der Waals surface area contributed by atoms with Gasteiger partial charge in [0, 0.05) is 6.07 Å². The molecule has 0 saturated carbocycles. The van der Waals surface area contributed by atoms with Crippen LogP contribution in [0.4, 0.5) is 0 Å². The van der Waals surface area contributed by atoms with E-state index in [1.807, 2.05) is 0 Å². The molecule has 0 aromatic heterocycles. The van der Waals surface area contributed by atoms with Gasteiger partial charge >= 0.3 is 0 Å². The normalized spacial score (nSPS) is 9.46. The first kappa shape index (κ1) is 9.67. The summed E-state index contributed by atoms with van der Waals surface area (Å²) in [4.78, 5) is 0. The summed E-state index contributed by atoms with van der Waals surface area (Å²) in [5.74, 6) is 1.68. The summed E-state index contributed by atoms with van der Waals surface area (Å²) in [5.41, 5.74) is 0. The van der Waals surface area contributed by atoms with Crippen LogP contribution in [0.2, 0.25) is 0 Å². The fourth-order valence-corrected chi connectivity index (χ4v) is 0.966. The van der Waals surface area contributed by atoms with Crippen LogP contribution in [0.3, 0.4) is 0 Å². The van der Waals surface area contributed by atoms with E-state index in [0.717, 1.165) is 0 Å². The van der Waals surface area contributed by atoms with Crippen molar-refractivity contribution in [3.8, 4) is 17.2 Å². The van der Waals surface area contributed by atoms with Crippen molar-refractivity contribution in [1.82, 2.24) is 0 Å². The van der Waals surface area contributed by atoms with Crippen LogP contribution in [0, 0.1) is 0 Å². The monoisotopic (exact) mass is 184 g/mol. The number of ether oxygens (including phenoxy) is 3. The van der Waals surface area contributed by atoms with Gasteiger partial charge in [-0.1, -0.05) is 0 Å². The second kappa shape index (κ2) is 4.57. The molecule has 1 N–H and O–H groups in total. The Balaban J connectivity index is 2.95. The summed E-state index contributed by atoms with van der Waals surface area (Å²) in [6.07, 6.45) is 0. The van der Waals surface area contributed by atoms with Crippen LogP contribution in [0.1, 0.15) is 0 Å². The molecule has 0 unspecified atom stereocenters. The van der Waals surface area contributed by atoms with Gasteiger partial charge in [0.05, 0.1) is 14.2 Å². The van der Waals surface area contributed by atoms with Crippen LogP contribution in [-0.4, -0.2) is 26.1 Å². The van der Waals surface area contributed by atoms with Gasteiger partial charge in [0.2, 0.25) is 0 Å². The van der Waals surface area contributed by atoms with Crippen molar-refractivity contribution in [3.63, 3.8) is 0 Å². The lowest BCUT2D eigenvalue weighted by atomic mass is 10.3. The molecular formula is C9H12O4. The van der Waals surface area contributed by atoms with E-state index in [0.29, 0.717) is 17.2 Å². The minimum atomic E-state index is -0.385. The van der Waals surface area contributed by atoms with Gasteiger partial charge in [-0.2, -0.15) is 0 Å². The molecule has 0 spiro atoms. The molecule has 0 aliphatic rings. The van der Waals surface area contributed by atoms with Crippen LogP contribution in [0.25, 0.3) is 0 Å². The van der Waals surface area contributed by atoms with E-state index in [1.165, 1.54) is 7.11 Å². The Morgan fingerprint density at radius 2 is 1.92 bits per heavy atom. The number of aliphatic hydroxyl groups excluding tert-OH is 1. The highest BCUT2D eigenvalue weighted by molar-refractivity contribution is 5.45. The predicted octanol–water partition coefficient (Wildman–Crippen LogP) is 1.03. The Hall–Kier alpha value is -1.42. The molecule has 0 aliphatic carbocycles. The van der Waals surface area contributed by atoms with Crippen molar-refractivity contribution in [3.05, 3.63) is 18.2 Å². The van der Waals surface area contributed by atoms with Crippen molar-refractivity contribution in [2.24, 2.45) is 0 Å². The number of hydrogen-bond donors (Lipinski definition) is 1. The molecular weight excluding hydrogens is 172 g/mol. The average Bonchev–Trinajstić information content (AvgIpc) is 2.18. The molecule has 0 heterocycles. The molecule has 72 valence electrons. The van der Waals surface area contributed by atoms with E-state index >= 15 is 0 Å². The minimum absolute atomic E-state index is 0.385. The van der Waals surface area contributed by atoms with E-state index in [-0.39, 0.29) is 6.79 Å². The van der Waals surface area contributed by atoms with Crippen molar-refractivity contribution >= 4 is 0 Å². The van der Waals surface area contributed by atoms with Gasteiger partial charge in [-0.15, -0.1) is 0 Å². The summed E-state index contributed by atoms with van der Waals surface area (Å²) >= 11 is 0. The SMILES string of the molecule is COc1ccc(OC)c(OCO)c1. The Bertz CT molecular complexity index is 272. The molecule has 0 radical (unpaired) electrons. The Kier molecular flexibility index (Phi) is 3.40. The number of methoxy groups -OCH3 is 2. The number of benzene rings is 1. The minimum Gasteiger partial charge on any atom is -0.497 e. The van der Waals surface area contributed by atoms with Crippen LogP contribution in [0.15, 0.2) is 18.2 Å². The Morgan fingerprint density at radius 3 is 2.46 bits per heavy atom. The topological polar surface area (TPSA) is 47.9 Å². The zero-order chi connectivity index (χ0) is 9.68. The van der Waals surface area contributed by atoms with Gasteiger partial charge in [-0.05, 0) is 12.1 Å². The van der Waals surface area contributed by atoms with Crippen molar-refractivity contribution in [2.45, 2.75) is 0 Å². The average molecular weight is 184 g/mol. The molecule has 0 fully saturated rings. The highest BCUT2D eigenvalue weighted by Crippen LogP contribution is 2.30.